The van der Waals surface area contributed by atoms with E-state index in [9.17, 15) is 0 Å². The molecule has 2 aliphatic rings. The molecular formula is C36H47NO6. The first-order valence-corrected chi connectivity index (χ1v) is 14.9. The Morgan fingerprint density at radius 2 is 1.67 bits per heavy atom. The van der Waals surface area contributed by atoms with Crippen LogP contribution in [-0.4, -0.2) is 64.5 Å². The molecule has 3 aromatic carbocycles. The highest BCUT2D eigenvalue weighted by Gasteiger charge is 2.14. The molecule has 0 spiro atoms. The van der Waals surface area contributed by atoms with Gasteiger partial charge < -0.3 is 34.5 Å². The number of aliphatic hydroxyl groups is 2. The molecule has 1 aliphatic carbocycles. The number of rotatable bonds is 11. The van der Waals surface area contributed by atoms with Gasteiger partial charge in [0.15, 0.2) is 0 Å². The van der Waals surface area contributed by atoms with Crippen LogP contribution in [0.1, 0.15) is 42.7 Å². The van der Waals surface area contributed by atoms with Crippen molar-refractivity contribution in [2.75, 3.05) is 54.2 Å². The molecule has 232 valence electrons. The van der Waals surface area contributed by atoms with Gasteiger partial charge >= 0.3 is 0 Å². The minimum absolute atomic E-state index is 0.0429. The standard InChI is InChI=1S/C23H31NO3.C12H12O2.CH4O/c1-25-23-7-4-2-3-6-21(23)18-26-16-5-17-27-22-10-8-19(9-11-22)20-12-14-24-15-13-20;1-14-12-7-9(8-13)6-10-4-2-3-5-11(10)12;1-2/h2-3,6-11,20,24H,4-5,12-18H2,1H3;2-7,13H,8H2,1H3;2H,1H3. The summed E-state index contributed by atoms with van der Waals surface area (Å²) in [7, 11) is 4.35. The third-order valence-electron chi connectivity index (χ3n) is 7.35. The number of hydrogen-bond acceptors (Lipinski definition) is 7. The second kappa shape index (κ2) is 19.5. The molecule has 3 N–H and O–H groups in total. The van der Waals surface area contributed by atoms with E-state index in [1.54, 1.807) is 14.2 Å². The predicted molar refractivity (Wildman–Crippen MR) is 174 cm³/mol. The van der Waals surface area contributed by atoms with Gasteiger partial charge in [0.25, 0.3) is 0 Å². The summed E-state index contributed by atoms with van der Waals surface area (Å²) in [5.74, 6) is 3.35. The van der Waals surface area contributed by atoms with Crippen LogP contribution in [0.4, 0.5) is 0 Å². The largest absolute Gasteiger partial charge is 0.497 e. The lowest BCUT2D eigenvalue weighted by atomic mass is 9.90. The molecule has 0 aromatic heterocycles. The van der Waals surface area contributed by atoms with Crippen molar-refractivity contribution in [1.82, 2.24) is 5.32 Å². The highest BCUT2D eigenvalue weighted by molar-refractivity contribution is 5.89. The fourth-order valence-electron chi connectivity index (χ4n) is 5.10. The fraction of sp³-hybridized carbons (Fsp3) is 0.389. The molecule has 3 aromatic rings. The van der Waals surface area contributed by atoms with Gasteiger partial charge in [-0.3, -0.25) is 0 Å². The molecule has 0 bridgehead atoms. The smallest absolute Gasteiger partial charge is 0.127 e. The summed E-state index contributed by atoms with van der Waals surface area (Å²) in [5.41, 5.74) is 3.39. The zero-order valence-electron chi connectivity index (χ0n) is 25.8. The Kier molecular flexibility index (Phi) is 15.4. The summed E-state index contributed by atoms with van der Waals surface area (Å²) in [5, 5.41) is 21.6. The van der Waals surface area contributed by atoms with E-state index >= 15 is 0 Å². The number of fused-ring (bicyclic) bond motifs is 1. The van der Waals surface area contributed by atoms with E-state index in [0.717, 1.165) is 72.2 Å². The Morgan fingerprint density at radius 3 is 2.40 bits per heavy atom. The van der Waals surface area contributed by atoms with Crippen LogP contribution in [0.5, 0.6) is 11.5 Å². The molecule has 0 unspecified atom stereocenters. The van der Waals surface area contributed by atoms with Gasteiger partial charge in [0.1, 0.15) is 17.3 Å². The van der Waals surface area contributed by atoms with Crippen molar-refractivity contribution >= 4 is 10.8 Å². The van der Waals surface area contributed by atoms with Crippen LogP contribution < -0.4 is 14.8 Å². The van der Waals surface area contributed by atoms with Crippen LogP contribution in [-0.2, 0) is 16.1 Å². The van der Waals surface area contributed by atoms with E-state index in [2.05, 4.69) is 53.9 Å². The summed E-state index contributed by atoms with van der Waals surface area (Å²) in [6.07, 6.45) is 12.5. The molecule has 7 nitrogen and oxygen atoms in total. The highest BCUT2D eigenvalue weighted by atomic mass is 16.5. The number of ether oxygens (including phenoxy) is 4. The number of nitrogens with one attached hydrogen (secondary N) is 1. The number of allylic oxidation sites excluding steroid dienone is 4. The molecule has 0 radical (unpaired) electrons. The van der Waals surface area contributed by atoms with Gasteiger partial charge in [-0.15, -0.1) is 0 Å². The molecule has 7 heteroatoms. The average Bonchev–Trinajstić information content (AvgIpc) is 3.32. The SMILES string of the molecule is CO.COC1=CCC=CC=C1COCCCOc1ccc(C2CCNCC2)cc1.COc1cc(CO)cc2ccccc12. The van der Waals surface area contributed by atoms with Crippen molar-refractivity contribution in [1.29, 1.82) is 0 Å². The second-order valence-corrected chi connectivity index (χ2v) is 10.2. The molecule has 5 rings (SSSR count). The second-order valence-electron chi connectivity index (χ2n) is 10.2. The van der Waals surface area contributed by atoms with E-state index in [4.69, 9.17) is 29.2 Å². The lowest BCUT2D eigenvalue weighted by Gasteiger charge is -2.23. The number of benzene rings is 3. The molecule has 43 heavy (non-hydrogen) atoms. The first kappa shape index (κ1) is 33.9. The van der Waals surface area contributed by atoms with Crippen LogP contribution in [0.15, 0.2) is 96.3 Å². The Labute approximate surface area is 256 Å². The van der Waals surface area contributed by atoms with Crippen molar-refractivity contribution < 1.29 is 29.2 Å². The molecule has 0 atom stereocenters. The van der Waals surface area contributed by atoms with Gasteiger partial charge in [0.05, 0.1) is 40.6 Å². The minimum atomic E-state index is 0.0429. The first-order chi connectivity index (χ1) is 21.2. The van der Waals surface area contributed by atoms with Crippen LogP contribution in [0.2, 0.25) is 0 Å². The van der Waals surface area contributed by atoms with Crippen LogP contribution in [0.25, 0.3) is 10.8 Å². The third-order valence-corrected chi connectivity index (χ3v) is 7.35. The van der Waals surface area contributed by atoms with E-state index in [0.29, 0.717) is 25.7 Å². The normalized spacial score (nSPS) is 14.7. The average molecular weight is 590 g/mol. The highest BCUT2D eigenvalue weighted by Crippen LogP contribution is 2.28. The van der Waals surface area contributed by atoms with Gasteiger partial charge in [-0.05, 0) is 85.1 Å². The predicted octanol–water partition coefficient (Wildman–Crippen LogP) is 6.30. The maximum absolute atomic E-state index is 9.06. The zero-order valence-corrected chi connectivity index (χ0v) is 25.8. The Bertz CT molecular complexity index is 1310. The number of aliphatic hydroxyl groups excluding tert-OH is 2. The maximum Gasteiger partial charge on any atom is 0.127 e. The van der Waals surface area contributed by atoms with Gasteiger partial charge in [-0.1, -0.05) is 54.6 Å². The number of piperidine rings is 1. The molecule has 0 amide bonds. The Balaban J connectivity index is 0.000000265. The van der Waals surface area contributed by atoms with Crippen molar-refractivity contribution in [3.8, 4) is 11.5 Å². The first-order valence-electron chi connectivity index (χ1n) is 14.9. The quantitative estimate of drug-likeness (QED) is 0.226. The third kappa shape index (κ3) is 10.9. The Morgan fingerprint density at radius 1 is 0.907 bits per heavy atom. The van der Waals surface area contributed by atoms with Gasteiger partial charge in [-0.2, -0.15) is 0 Å². The van der Waals surface area contributed by atoms with Crippen molar-refractivity contribution in [2.24, 2.45) is 0 Å². The van der Waals surface area contributed by atoms with Gasteiger partial charge in [0, 0.05) is 24.5 Å². The number of hydrogen-bond donors (Lipinski definition) is 3. The van der Waals surface area contributed by atoms with Gasteiger partial charge in [-0.25, -0.2) is 0 Å². The zero-order chi connectivity index (χ0) is 30.7. The summed E-state index contributed by atoms with van der Waals surface area (Å²) < 4.78 is 22.3. The topological polar surface area (TPSA) is 89.4 Å². The van der Waals surface area contributed by atoms with Crippen LogP contribution >= 0.6 is 0 Å². The molecule has 1 heterocycles. The summed E-state index contributed by atoms with van der Waals surface area (Å²) in [4.78, 5) is 0. The molecule has 1 aliphatic heterocycles. The van der Waals surface area contributed by atoms with E-state index < -0.39 is 0 Å². The van der Waals surface area contributed by atoms with Crippen molar-refractivity contribution in [3.63, 3.8) is 0 Å². The van der Waals surface area contributed by atoms with Gasteiger partial charge in [0.2, 0.25) is 0 Å². The molecule has 0 saturated carbocycles. The summed E-state index contributed by atoms with van der Waals surface area (Å²) >= 11 is 0. The molecular weight excluding hydrogens is 542 g/mol. The van der Waals surface area contributed by atoms with E-state index in [1.165, 1.54) is 18.4 Å². The lowest BCUT2D eigenvalue weighted by Crippen LogP contribution is -2.26. The monoisotopic (exact) mass is 589 g/mol. The Hall–Kier alpha value is -3.62. The minimum Gasteiger partial charge on any atom is -0.497 e. The van der Waals surface area contributed by atoms with Crippen molar-refractivity contribution in [3.05, 3.63) is 107 Å². The van der Waals surface area contributed by atoms with Crippen molar-refractivity contribution in [2.45, 2.75) is 38.2 Å². The summed E-state index contributed by atoms with van der Waals surface area (Å²) in [6, 6.07) is 20.4. The molecule has 1 fully saturated rings. The number of methoxy groups -OCH3 is 2. The molecule has 1 saturated heterocycles. The van der Waals surface area contributed by atoms with E-state index in [1.807, 2.05) is 36.4 Å². The fourth-order valence-corrected chi connectivity index (χ4v) is 5.10. The lowest BCUT2D eigenvalue weighted by molar-refractivity contribution is 0.134. The maximum atomic E-state index is 9.06. The summed E-state index contributed by atoms with van der Waals surface area (Å²) in [6.45, 7) is 4.19. The van der Waals surface area contributed by atoms with Crippen LogP contribution in [0.3, 0.4) is 0 Å². The van der Waals surface area contributed by atoms with E-state index in [-0.39, 0.29) is 6.61 Å². The van der Waals surface area contributed by atoms with Crippen LogP contribution in [0, 0.1) is 0 Å².